The van der Waals surface area contributed by atoms with E-state index in [0.717, 1.165) is 0 Å². The average molecular weight is 525 g/mol. The molecule has 3 aromatic rings. The van der Waals surface area contributed by atoms with Crippen molar-refractivity contribution in [3.63, 3.8) is 0 Å². The van der Waals surface area contributed by atoms with Crippen LogP contribution in [0.15, 0.2) is 35.3 Å². The number of amides is 2. The van der Waals surface area contributed by atoms with Gasteiger partial charge in [-0.25, -0.2) is 14.8 Å². The number of aromatic amines is 1. The van der Waals surface area contributed by atoms with Gasteiger partial charge >= 0.3 is 5.97 Å². The first-order chi connectivity index (χ1) is 18.1. The molecule has 0 saturated heterocycles. The number of benzene rings is 1. The fourth-order valence-electron chi connectivity index (χ4n) is 3.58. The quantitative estimate of drug-likeness (QED) is 0.188. The zero-order valence-electron chi connectivity index (χ0n) is 20.8. The van der Waals surface area contributed by atoms with E-state index in [1.807, 2.05) is 0 Å². The van der Waals surface area contributed by atoms with Crippen LogP contribution in [0.2, 0.25) is 0 Å². The molecule has 0 aliphatic carbocycles. The number of carbonyl (C=O) groups is 4. The fourth-order valence-corrected chi connectivity index (χ4v) is 3.58. The Labute approximate surface area is 216 Å². The van der Waals surface area contributed by atoms with Crippen LogP contribution < -0.4 is 27.2 Å². The number of aromatic nitrogens is 4. The molecule has 38 heavy (non-hydrogen) atoms. The van der Waals surface area contributed by atoms with Gasteiger partial charge in [0.1, 0.15) is 11.8 Å². The van der Waals surface area contributed by atoms with Crippen LogP contribution in [0.25, 0.3) is 11.2 Å². The average Bonchev–Trinajstić information content (AvgIpc) is 2.89. The van der Waals surface area contributed by atoms with Gasteiger partial charge in [0, 0.05) is 37.1 Å². The fraction of sp³-hybridized carbons (Fsp3) is 0.333. The number of ketones is 1. The summed E-state index contributed by atoms with van der Waals surface area (Å²) in [6, 6.07) is 5.00. The third kappa shape index (κ3) is 7.32. The molecule has 0 spiro atoms. The van der Waals surface area contributed by atoms with Crippen LogP contribution in [-0.2, 0) is 20.9 Å². The van der Waals surface area contributed by atoms with Gasteiger partial charge in [0.2, 0.25) is 11.9 Å². The van der Waals surface area contributed by atoms with Crippen molar-refractivity contribution in [1.29, 1.82) is 0 Å². The van der Waals surface area contributed by atoms with Crippen molar-refractivity contribution in [2.75, 3.05) is 18.1 Å². The number of hydrogen-bond acceptors (Lipinski definition) is 10. The first-order valence-electron chi connectivity index (χ1n) is 11.7. The minimum absolute atomic E-state index is 0.0127. The Bertz CT molecular complexity index is 1410. The monoisotopic (exact) mass is 524 g/mol. The Morgan fingerprint density at radius 1 is 1.13 bits per heavy atom. The van der Waals surface area contributed by atoms with Crippen molar-refractivity contribution in [3.05, 3.63) is 52.1 Å². The minimum atomic E-state index is -1.27. The van der Waals surface area contributed by atoms with Crippen molar-refractivity contribution in [2.45, 2.75) is 38.8 Å². The topological polar surface area (TPSA) is 222 Å². The maximum absolute atomic E-state index is 12.6. The second-order valence-electron chi connectivity index (χ2n) is 8.58. The van der Waals surface area contributed by atoms with E-state index in [1.165, 1.54) is 25.4 Å². The molecule has 0 unspecified atom stereocenters. The molecule has 2 aromatic heterocycles. The Morgan fingerprint density at radius 3 is 2.50 bits per heavy atom. The van der Waals surface area contributed by atoms with E-state index in [4.69, 9.17) is 5.73 Å². The number of rotatable bonds is 12. The van der Waals surface area contributed by atoms with Crippen LogP contribution in [-0.4, -0.2) is 61.7 Å². The van der Waals surface area contributed by atoms with E-state index >= 15 is 0 Å². The molecule has 7 N–H and O–H groups in total. The molecule has 1 aromatic carbocycles. The number of H-pyrrole nitrogens is 1. The molecule has 0 bridgehead atoms. The number of fused-ring (bicyclic) bond motifs is 1. The number of Topliss-reactive ketones (excluding diaryl/α,β-unsaturated/α-hetero) is 1. The van der Waals surface area contributed by atoms with Gasteiger partial charge in [-0.2, -0.15) is 4.98 Å². The summed E-state index contributed by atoms with van der Waals surface area (Å²) in [6.45, 7) is 1.84. The lowest BCUT2D eigenvalue weighted by Crippen LogP contribution is -2.41. The standard InChI is InChI=1S/C24H28N8O6/c1-12(20(34)26-2)9-16(33)7-8-17(23(37)38)30-21(35)13-3-5-14(6-4-13)27-10-15-11-28-19-18(29-15)22(36)32-24(25)31-19/h3-6,11-12,17,27H,7-10H2,1-2H3,(H,26,34)(H,30,35)(H,37,38)(H3,25,28,31,32,36)/t12-,17+/m1/s1. The van der Waals surface area contributed by atoms with Crippen molar-refractivity contribution in [2.24, 2.45) is 5.92 Å². The zero-order chi connectivity index (χ0) is 27.8. The lowest BCUT2D eigenvalue weighted by molar-refractivity contribution is -0.139. The SMILES string of the molecule is CNC(=O)[C@H](C)CC(=O)CC[C@H](NC(=O)c1ccc(NCc2cnc3nc(N)[nH]c(=O)c3n2)cc1)C(=O)O. The molecule has 0 radical (unpaired) electrons. The maximum Gasteiger partial charge on any atom is 0.326 e. The molecule has 0 aliphatic rings. The summed E-state index contributed by atoms with van der Waals surface area (Å²) in [5.41, 5.74) is 6.52. The van der Waals surface area contributed by atoms with Gasteiger partial charge in [-0.05, 0) is 30.7 Å². The van der Waals surface area contributed by atoms with Gasteiger partial charge < -0.3 is 26.8 Å². The largest absolute Gasteiger partial charge is 0.480 e. The summed E-state index contributed by atoms with van der Waals surface area (Å²) >= 11 is 0. The van der Waals surface area contributed by atoms with Gasteiger partial charge in [0.25, 0.3) is 11.5 Å². The molecule has 200 valence electrons. The molecular formula is C24H28N8O6. The lowest BCUT2D eigenvalue weighted by Gasteiger charge is -2.15. The van der Waals surface area contributed by atoms with E-state index < -0.39 is 29.4 Å². The summed E-state index contributed by atoms with van der Waals surface area (Å²) in [4.78, 5) is 74.5. The second-order valence-corrected chi connectivity index (χ2v) is 8.58. The first-order valence-corrected chi connectivity index (χ1v) is 11.7. The lowest BCUT2D eigenvalue weighted by atomic mass is 9.99. The van der Waals surface area contributed by atoms with Crippen molar-refractivity contribution >= 4 is 46.4 Å². The first kappa shape index (κ1) is 27.7. The molecule has 14 nitrogen and oxygen atoms in total. The summed E-state index contributed by atoms with van der Waals surface area (Å²) in [6.07, 6.45) is 1.26. The molecule has 0 fully saturated rings. The molecular weight excluding hydrogens is 496 g/mol. The Hall–Kier alpha value is -4.88. The maximum atomic E-state index is 12.6. The van der Waals surface area contributed by atoms with Crippen LogP contribution in [0.4, 0.5) is 11.6 Å². The number of nitrogens with one attached hydrogen (secondary N) is 4. The highest BCUT2D eigenvalue weighted by atomic mass is 16.4. The van der Waals surface area contributed by atoms with Gasteiger partial charge in [-0.15, -0.1) is 0 Å². The van der Waals surface area contributed by atoms with Gasteiger partial charge in [0.05, 0.1) is 18.4 Å². The second kappa shape index (κ2) is 12.4. The molecule has 2 heterocycles. The van der Waals surface area contributed by atoms with Crippen molar-refractivity contribution < 1.29 is 24.3 Å². The van der Waals surface area contributed by atoms with E-state index in [0.29, 0.717) is 11.4 Å². The normalized spacial score (nSPS) is 12.4. The number of nitrogens with two attached hydrogens (primary N) is 1. The number of carboxylic acids is 1. The molecule has 2 atom stereocenters. The number of carbonyl (C=O) groups excluding carboxylic acids is 3. The van der Waals surface area contributed by atoms with Crippen LogP contribution >= 0.6 is 0 Å². The predicted molar refractivity (Wildman–Crippen MR) is 137 cm³/mol. The third-order valence-electron chi connectivity index (χ3n) is 5.65. The summed E-state index contributed by atoms with van der Waals surface area (Å²) < 4.78 is 0. The van der Waals surface area contributed by atoms with Crippen LogP contribution in [0, 0.1) is 5.92 Å². The molecule has 3 rings (SSSR count). The minimum Gasteiger partial charge on any atom is -0.480 e. The smallest absolute Gasteiger partial charge is 0.326 e. The van der Waals surface area contributed by atoms with Crippen LogP contribution in [0.1, 0.15) is 42.2 Å². The van der Waals surface area contributed by atoms with Gasteiger partial charge in [-0.1, -0.05) is 6.92 Å². The number of nitrogens with zero attached hydrogens (tertiary/aromatic N) is 3. The summed E-state index contributed by atoms with van der Waals surface area (Å²) in [5.74, 6) is -2.99. The number of nitrogen functional groups attached to an aromatic ring is 1. The summed E-state index contributed by atoms with van der Waals surface area (Å²) in [7, 11) is 1.47. The highest BCUT2D eigenvalue weighted by molar-refractivity contribution is 5.97. The summed E-state index contributed by atoms with van der Waals surface area (Å²) in [5, 5.41) is 17.4. The number of hydrogen-bond donors (Lipinski definition) is 6. The number of carboxylic acid groups (broad SMARTS) is 1. The predicted octanol–water partition coefficient (Wildman–Crippen LogP) is 0.212. The molecule has 14 heteroatoms. The van der Waals surface area contributed by atoms with Crippen molar-refractivity contribution in [1.82, 2.24) is 30.6 Å². The number of anilines is 2. The third-order valence-corrected chi connectivity index (χ3v) is 5.65. The Kier molecular flexibility index (Phi) is 9.03. The zero-order valence-corrected chi connectivity index (χ0v) is 20.8. The van der Waals surface area contributed by atoms with Crippen LogP contribution in [0.5, 0.6) is 0 Å². The van der Waals surface area contributed by atoms with E-state index in [9.17, 15) is 29.1 Å². The van der Waals surface area contributed by atoms with E-state index in [1.54, 1.807) is 19.1 Å². The van der Waals surface area contributed by atoms with Crippen molar-refractivity contribution in [3.8, 4) is 0 Å². The highest BCUT2D eigenvalue weighted by Gasteiger charge is 2.23. The van der Waals surface area contributed by atoms with E-state index in [-0.39, 0.29) is 60.2 Å². The Balaban J connectivity index is 1.55. The van der Waals surface area contributed by atoms with Crippen LogP contribution in [0.3, 0.4) is 0 Å². The number of aliphatic carboxylic acids is 1. The molecule has 2 amide bonds. The Morgan fingerprint density at radius 2 is 1.84 bits per heavy atom. The highest BCUT2D eigenvalue weighted by Crippen LogP contribution is 2.13. The van der Waals surface area contributed by atoms with Gasteiger partial charge in [0.15, 0.2) is 11.2 Å². The van der Waals surface area contributed by atoms with Gasteiger partial charge in [-0.3, -0.25) is 24.2 Å². The molecule has 0 saturated carbocycles. The molecule has 0 aliphatic heterocycles. The van der Waals surface area contributed by atoms with E-state index in [2.05, 4.69) is 35.9 Å².